The van der Waals surface area contributed by atoms with Gasteiger partial charge in [-0.2, -0.15) is 0 Å². The Morgan fingerprint density at radius 1 is 1.36 bits per heavy atom. The number of hydrogen-bond acceptors (Lipinski definition) is 3. The van der Waals surface area contributed by atoms with E-state index >= 15 is 0 Å². The van der Waals surface area contributed by atoms with E-state index in [-0.39, 0.29) is 5.75 Å². The van der Waals surface area contributed by atoms with E-state index in [1.807, 2.05) is 22.6 Å². The number of rotatable bonds is 1. The molecule has 0 fully saturated rings. The highest BCUT2D eigenvalue weighted by molar-refractivity contribution is 14.1. The van der Waals surface area contributed by atoms with Crippen LogP contribution >= 0.6 is 33.9 Å². The zero-order valence-electron chi connectivity index (χ0n) is 6.82. The Hall–Kier alpha value is -0.820. The number of benzene rings is 1. The van der Waals surface area contributed by atoms with Gasteiger partial charge < -0.3 is 10.2 Å². The minimum absolute atomic E-state index is 0.192. The first-order valence-electron chi connectivity index (χ1n) is 3.73. The molecule has 0 aliphatic carbocycles. The van der Waals surface area contributed by atoms with E-state index < -0.39 is 5.97 Å². The normalized spacial score (nSPS) is 10.6. The summed E-state index contributed by atoms with van der Waals surface area (Å²) in [6.45, 7) is 0. The Morgan fingerprint density at radius 2 is 2.07 bits per heavy atom. The van der Waals surface area contributed by atoms with Gasteiger partial charge in [-0.05, 0) is 46.2 Å². The third kappa shape index (κ3) is 1.57. The van der Waals surface area contributed by atoms with Crippen LogP contribution in [0.2, 0.25) is 0 Å². The lowest BCUT2D eigenvalue weighted by Crippen LogP contribution is -1.89. The molecule has 2 N–H and O–H groups in total. The minimum atomic E-state index is -0.930. The van der Waals surface area contributed by atoms with Crippen LogP contribution in [0.4, 0.5) is 0 Å². The summed E-state index contributed by atoms with van der Waals surface area (Å²) in [7, 11) is 0. The Bertz CT molecular complexity index is 479. The number of phenolic OH excluding ortho intramolecular Hbond substituents is 1. The number of thiophene rings is 1. The van der Waals surface area contributed by atoms with Crippen molar-refractivity contribution < 1.29 is 15.0 Å². The molecule has 0 saturated heterocycles. The van der Waals surface area contributed by atoms with Crippen molar-refractivity contribution >= 4 is 50.0 Å². The molecule has 0 aliphatic heterocycles. The van der Waals surface area contributed by atoms with Gasteiger partial charge in [-0.1, -0.05) is 0 Å². The molecule has 0 unspecified atom stereocenters. The molecule has 0 spiro atoms. The highest BCUT2D eigenvalue weighted by Crippen LogP contribution is 2.32. The van der Waals surface area contributed by atoms with Crippen molar-refractivity contribution in [2.75, 3.05) is 0 Å². The van der Waals surface area contributed by atoms with Crippen molar-refractivity contribution in [2.24, 2.45) is 0 Å². The van der Waals surface area contributed by atoms with Gasteiger partial charge in [0.25, 0.3) is 0 Å². The molecule has 5 heteroatoms. The predicted molar refractivity (Wildman–Crippen MR) is 63.2 cm³/mol. The van der Waals surface area contributed by atoms with Crippen molar-refractivity contribution in [3.05, 3.63) is 26.6 Å². The fourth-order valence-corrected chi connectivity index (χ4v) is 2.56. The van der Waals surface area contributed by atoms with Crippen LogP contribution in [0.15, 0.2) is 18.2 Å². The quantitative estimate of drug-likeness (QED) is 0.795. The molecule has 2 rings (SSSR count). The molecule has 14 heavy (non-hydrogen) atoms. The number of fused-ring (bicyclic) bond motifs is 1. The van der Waals surface area contributed by atoms with Crippen LogP contribution < -0.4 is 0 Å². The molecule has 1 aromatic heterocycles. The van der Waals surface area contributed by atoms with E-state index in [0.29, 0.717) is 4.88 Å². The van der Waals surface area contributed by atoms with Crippen molar-refractivity contribution in [2.45, 2.75) is 0 Å². The molecule has 0 bridgehead atoms. The first-order chi connectivity index (χ1) is 6.58. The van der Waals surface area contributed by atoms with E-state index in [1.54, 1.807) is 18.2 Å². The molecule has 0 saturated carbocycles. The highest BCUT2D eigenvalue weighted by atomic mass is 127. The Labute approximate surface area is 97.1 Å². The van der Waals surface area contributed by atoms with Gasteiger partial charge in [0, 0.05) is 4.70 Å². The van der Waals surface area contributed by atoms with Gasteiger partial charge in [-0.3, -0.25) is 0 Å². The molecule has 72 valence electrons. The standard InChI is InChI=1S/C9H5IO3S/c10-5-1-4-2-8(9(12)13)14-7(4)3-6(5)11/h1-3,11H,(H,12,13). The summed E-state index contributed by atoms with van der Waals surface area (Å²) in [5.41, 5.74) is 0. The van der Waals surface area contributed by atoms with E-state index in [4.69, 9.17) is 5.11 Å². The van der Waals surface area contributed by atoms with Crippen molar-refractivity contribution in [3.8, 4) is 5.75 Å². The third-order valence-electron chi connectivity index (χ3n) is 1.80. The second-order valence-electron chi connectivity index (χ2n) is 2.76. The summed E-state index contributed by atoms with van der Waals surface area (Å²) in [5.74, 6) is -0.738. The van der Waals surface area contributed by atoms with Gasteiger partial charge in [-0.25, -0.2) is 4.79 Å². The Kier molecular flexibility index (Phi) is 2.36. The van der Waals surface area contributed by atoms with E-state index in [2.05, 4.69) is 0 Å². The molecular formula is C9H5IO3S. The molecule has 0 amide bonds. The van der Waals surface area contributed by atoms with Crippen LogP contribution in [0.5, 0.6) is 5.75 Å². The third-order valence-corrected chi connectivity index (χ3v) is 3.75. The van der Waals surface area contributed by atoms with Gasteiger partial charge in [-0.15, -0.1) is 11.3 Å². The lowest BCUT2D eigenvalue weighted by Gasteiger charge is -1.95. The lowest BCUT2D eigenvalue weighted by atomic mass is 10.2. The number of aromatic hydroxyl groups is 1. The van der Waals surface area contributed by atoms with E-state index in [0.717, 1.165) is 13.7 Å². The average Bonchev–Trinajstić information content (AvgIpc) is 2.48. The zero-order valence-corrected chi connectivity index (χ0v) is 9.79. The number of hydrogen-bond donors (Lipinski definition) is 2. The topological polar surface area (TPSA) is 57.5 Å². The summed E-state index contributed by atoms with van der Waals surface area (Å²) in [4.78, 5) is 11.0. The van der Waals surface area contributed by atoms with E-state index in [9.17, 15) is 9.90 Å². The monoisotopic (exact) mass is 320 g/mol. The van der Waals surface area contributed by atoms with Crippen molar-refractivity contribution in [3.63, 3.8) is 0 Å². The summed E-state index contributed by atoms with van der Waals surface area (Å²) in [6, 6.07) is 4.98. The first kappa shape index (κ1) is 9.72. The van der Waals surface area contributed by atoms with Gasteiger partial charge in [0.2, 0.25) is 0 Å². The summed E-state index contributed by atoms with van der Waals surface area (Å²) < 4.78 is 1.52. The van der Waals surface area contributed by atoms with Gasteiger partial charge >= 0.3 is 5.97 Å². The molecule has 2 aromatic rings. The zero-order chi connectivity index (χ0) is 10.3. The highest BCUT2D eigenvalue weighted by Gasteiger charge is 2.10. The van der Waals surface area contributed by atoms with E-state index in [1.165, 1.54) is 11.3 Å². The van der Waals surface area contributed by atoms with Gasteiger partial charge in [0.05, 0.1) is 3.57 Å². The fraction of sp³-hybridized carbons (Fsp3) is 0. The summed E-state index contributed by atoms with van der Waals surface area (Å²) in [6.07, 6.45) is 0. The molecule has 0 atom stereocenters. The molecule has 0 aliphatic rings. The maximum Gasteiger partial charge on any atom is 0.345 e. The second-order valence-corrected chi connectivity index (χ2v) is 5.00. The van der Waals surface area contributed by atoms with Crippen LogP contribution in [0.1, 0.15) is 9.67 Å². The SMILES string of the molecule is O=C(O)c1cc2cc(I)c(O)cc2s1. The van der Waals surface area contributed by atoms with Crippen LogP contribution in [0.3, 0.4) is 0 Å². The maximum absolute atomic E-state index is 10.7. The molecule has 0 radical (unpaired) electrons. The number of halogens is 1. The fourth-order valence-electron chi connectivity index (χ4n) is 1.15. The van der Waals surface area contributed by atoms with Crippen molar-refractivity contribution in [1.82, 2.24) is 0 Å². The number of phenols is 1. The van der Waals surface area contributed by atoms with Crippen LogP contribution in [0.25, 0.3) is 10.1 Å². The maximum atomic E-state index is 10.7. The first-order valence-corrected chi connectivity index (χ1v) is 5.63. The average molecular weight is 320 g/mol. The molecule has 3 nitrogen and oxygen atoms in total. The number of carboxylic acid groups (broad SMARTS) is 1. The summed E-state index contributed by atoms with van der Waals surface area (Å²) >= 11 is 3.17. The van der Waals surface area contributed by atoms with Crippen molar-refractivity contribution in [1.29, 1.82) is 0 Å². The van der Waals surface area contributed by atoms with Crippen LogP contribution in [-0.2, 0) is 0 Å². The lowest BCUT2D eigenvalue weighted by molar-refractivity contribution is 0.0702. The Balaban J connectivity index is 2.72. The number of carboxylic acids is 1. The Morgan fingerprint density at radius 3 is 2.71 bits per heavy atom. The second kappa shape index (κ2) is 3.39. The predicted octanol–water partition coefficient (Wildman–Crippen LogP) is 2.91. The molecule has 1 aromatic carbocycles. The number of aromatic carboxylic acids is 1. The number of carbonyl (C=O) groups is 1. The molecule has 1 heterocycles. The van der Waals surface area contributed by atoms with Gasteiger partial charge in [0.1, 0.15) is 10.6 Å². The largest absolute Gasteiger partial charge is 0.507 e. The van der Waals surface area contributed by atoms with Crippen LogP contribution in [-0.4, -0.2) is 16.2 Å². The minimum Gasteiger partial charge on any atom is -0.507 e. The summed E-state index contributed by atoms with van der Waals surface area (Å²) in [5, 5.41) is 19.0. The molecular weight excluding hydrogens is 315 g/mol. The van der Waals surface area contributed by atoms with Crippen LogP contribution in [0, 0.1) is 3.57 Å². The smallest absolute Gasteiger partial charge is 0.345 e. The van der Waals surface area contributed by atoms with Gasteiger partial charge in [0.15, 0.2) is 0 Å².